The van der Waals surface area contributed by atoms with E-state index in [9.17, 15) is 19.8 Å². The quantitative estimate of drug-likeness (QED) is 0.0320. The Labute approximate surface area is 475 Å². The van der Waals surface area contributed by atoms with E-state index in [1.807, 2.05) is 6.08 Å². The number of rotatable bonds is 65. The summed E-state index contributed by atoms with van der Waals surface area (Å²) in [4.78, 5) is 24.6. The molecule has 0 aliphatic rings. The summed E-state index contributed by atoms with van der Waals surface area (Å²) in [5.41, 5.74) is 0. The Bertz CT molecular complexity index is 1190. The minimum absolute atomic E-state index is 0.00610. The fourth-order valence-corrected chi connectivity index (χ4v) is 10.9. The summed E-state index contributed by atoms with van der Waals surface area (Å²) in [6.07, 6.45) is 82.4. The third-order valence-corrected chi connectivity index (χ3v) is 16.2. The predicted octanol–water partition coefficient (Wildman–Crippen LogP) is 22.1. The van der Waals surface area contributed by atoms with Crippen LogP contribution in [-0.2, 0) is 14.3 Å². The van der Waals surface area contributed by atoms with Crippen molar-refractivity contribution in [2.75, 3.05) is 13.2 Å². The maximum absolute atomic E-state index is 12.5. The first-order valence-corrected chi connectivity index (χ1v) is 34.6. The van der Waals surface area contributed by atoms with Gasteiger partial charge in [-0.25, -0.2) is 0 Å². The van der Waals surface area contributed by atoms with Gasteiger partial charge in [-0.05, 0) is 57.8 Å². The number of ether oxygens (including phenoxy) is 1. The van der Waals surface area contributed by atoms with Gasteiger partial charge in [-0.1, -0.05) is 340 Å². The molecule has 0 aliphatic heterocycles. The Kier molecular flexibility index (Phi) is 64.4. The van der Waals surface area contributed by atoms with Crippen molar-refractivity contribution in [3.8, 4) is 0 Å². The molecule has 0 bridgehead atoms. The maximum atomic E-state index is 12.5. The number of aliphatic hydroxyl groups excluding tert-OH is 2. The Morgan fingerprint density at radius 3 is 0.934 bits per heavy atom. The first-order chi connectivity index (χ1) is 37.5. The van der Waals surface area contributed by atoms with Crippen molar-refractivity contribution in [3.63, 3.8) is 0 Å². The number of carbonyl (C=O) groups excluding carboxylic acids is 2. The molecule has 0 aliphatic carbocycles. The van der Waals surface area contributed by atoms with Crippen LogP contribution in [0.2, 0.25) is 0 Å². The zero-order chi connectivity index (χ0) is 55.0. The number of unbranched alkanes of at least 4 members (excludes halogenated alkanes) is 52. The van der Waals surface area contributed by atoms with Crippen molar-refractivity contribution in [2.24, 2.45) is 0 Å². The zero-order valence-electron chi connectivity index (χ0n) is 51.5. The summed E-state index contributed by atoms with van der Waals surface area (Å²) in [7, 11) is 0. The molecule has 0 aromatic rings. The molecule has 0 saturated heterocycles. The van der Waals surface area contributed by atoms with Crippen LogP contribution in [0.5, 0.6) is 0 Å². The van der Waals surface area contributed by atoms with E-state index in [0.717, 1.165) is 44.9 Å². The summed E-state index contributed by atoms with van der Waals surface area (Å²) < 4.78 is 5.48. The van der Waals surface area contributed by atoms with Gasteiger partial charge in [0.1, 0.15) is 0 Å². The van der Waals surface area contributed by atoms with Gasteiger partial charge in [-0.2, -0.15) is 0 Å². The highest BCUT2D eigenvalue weighted by Crippen LogP contribution is 2.19. The van der Waals surface area contributed by atoms with Gasteiger partial charge in [0.05, 0.1) is 25.4 Å². The molecule has 0 saturated carbocycles. The van der Waals surface area contributed by atoms with Crippen LogP contribution < -0.4 is 5.32 Å². The molecule has 0 aromatic heterocycles. The van der Waals surface area contributed by atoms with Crippen molar-refractivity contribution in [2.45, 2.75) is 398 Å². The smallest absolute Gasteiger partial charge is 0.305 e. The highest BCUT2D eigenvalue weighted by atomic mass is 16.5. The third kappa shape index (κ3) is 61.6. The fraction of sp³-hybridized carbons (Fsp3) is 0.914. The van der Waals surface area contributed by atoms with E-state index in [1.54, 1.807) is 6.08 Å². The fourth-order valence-electron chi connectivity index (χ4n) is 10.9. The van der Waals surface area contributed by atoms with Crippen molar-refractivity contribution < 1.29 is 24.5 Å². The number of hydrogen-bond acceptors (Lipinski definition) is 5. The average molecular weight is 1070 g/mol. The Morgan fingerprint density at radius 2 is 0.618 bits per heavy atom. The molecule has 450 valence electrons. The van der Waals surface area contributed by atoms with Crippen LogP contribution in [0.4, 0.5) is 0 Å². The molecule has 0 aromatic carbocycles. The average Bonchev–Trinajstić information content (AvgIpc) is 3.42. The highest BCUT2D eigenvalue weighted by Gasteiger charge is 2.18. The molecule has 0 spiro atoms. The van der Waals surface area contributed by atoms with Gasteiger partial charge >= 0.3 is 5.97 Å². The number of hydrogen-bond donors (Lipinski definition) is 3. The van der Waals surface area contributed by atoms with Crippen LogP contribution in [-0.4, -0.2) is 47.4 Å². The summed E-state index contributed by atoms with van der Waals surface area (Å²) >= 11 is 0. The van der Waals surface area contributed by atoms with Crippen LogP contribution in [0.1, 0.15) is 386 Å². The number of aliphatic hydroxyl groups is 2. The van der Waals surface area contributed by atoms with Crippen molar-refractivity contribution in [3.05, 3.63) is 24.3 Å². The molecule has 6 heteroatoms. The molecule has 2 unspecified atom stereocenters. The minimum Gasteiger partial charge on any atom is -0.466 e. The van der Waals surface area contributed by atoms with E-state index in [4.69, 9.17) is 4.74 Å². The molecule has 0 radical (unpaired) electrons. The van der Waals surface area contributed by atoms with Crippen LogP contribution in [0, 0.1) is 0 Å². The topological polar surface area (TPSA) is 95.9 Å². The summed E-state index contributed by atoms with van der Waals surface area (Å²) in [5.74, 6) is -0.0573. The number of carbonyl (C=O) groups is 2. The molecule has 6 nitrogen and oxygen atoms in total. The normalized spacial score (nSPS) is 12.6. The monoisotopic (exact) mass is 1070 g/mol. The molecule has 0 fully saturated rings. The Balaban J connectivity index is 3.40. The van der Waals surface area contributed by atoms with E-state index in [1.165, 1.54) is 315 Å². The second kappa shape index (κ2) is 65.9. The molecule has 76 heavy (non-hydrogen) atoms. The first kappa shape index (κ1) is 74.3. The van der Waals surface area contributed by atoms with Crippen LogP contribution in [0.25, 0.3) is 0 Å². The van der Waals surface area contributed by atoms with Gasteiger partial charge in [0.25, 0.3) is 0 Å². The Hall–Kier alpha value is -1.66. The molecule has 2 atom stereocenters. The number of esters is 1. The Morgan fingerprint density at radius 1 is 0.355 bits per heavy atom. The minimum atomic E-state index is -0.845. The van der Waals surface area contributed by atoms with Gasteiger partial charge in [0.2, 0.25) is 5.91 Å². The first-order valence-electron chi connectivity index (χ1n) is 34.6. The molecule has 3 N–H and O–H groups in total. The van der Waals surface area contributed by atoms with Crippen molar-refractivity contribution >= 4 is 11.9 Å². The number of nitrogens with one attached hydrogen (secondary N) is 1. The largest absolute Gasteiger partial charge is 0.466 e. The van der Waals surface area contributed by atoms with E-state index in [-0.39, 0.29) is 18.5 Å². The molecule has 1 amide bonds. The standard InChI is InChI=1S/C70H135NO5/c1-3-5-7-9-11-13-15-17-19-20-21-22-26-29-32-35-38-42-46-50-54-58-62-68(73)67(66-72)71-69(74)63-59-55-51-47-43-39-36-33-30-27-24-23-25-28-31-34-37-41-45-49-53-57-61-65-76-70(75)64-60-56-52-48-44-40-18-16-14-12-10-8-6-4-2/h16,18,58,62,67-68,72-73H,3-15,17,19-57,59-61,63-66H2,1-2H3,(H,71,74)/b18-16-,62-58+. The van der Waals surface area contributed by atoms with Crippen LogP contribution in [0.3, 0.4) is 0 Å². The maximum Gasteiger partial charge on any atom is 0.305 e. The zero-order valence-corrected chi connectivity index (χ0v) is 51.5. The number of amides is 1. The van der Waals surface area contributed by atoms with Gasteiger partial charge in [0.15, 0.2) is 0 Å². The van der Waals surface area contributed by atoms with Gasteiger partial charge in [0, 0.05) is 12.8 Å². The molecule has 0 rings (SSSR count). The van der Waals surface area contributed by atoms with E-state index in [2.05, 4.69) is 31.3 Å². The summed E-state index contributed by atoms with van der Waals surface area (Å²) in [5, 5.41) is 23.3. The second-order valence-electron chi connectivity index (χ2n) is 23.9. The van der Waals surface area contributed by atoms with Gasteiger partial charge in [-0.15, -0.1) is 0 Å². The van der Waals surface area contributed by atoms with Gasteiger partial charge < -0.3 is 20.3 Å². The highest BCUT2D eigenvalue weighted by molar-refractivity contribution is 5.76. The summed E-state index contributed by atoms with van der Waals surface area (Å²) in [6.45, 7) is 4.93. The van der Waals surface area contributed by atoms with Crippen molar-refractivity contribution in [1.29, 1.82) is 0 Å². The lowest BCUT2D eigenvalue weighted by molar-refractivity contribution is -0.143. The molecule has 0 heterocycles. The third-order valence-electron chi connectivity index (χ3n) is 16.2. The van der Waals surface area contributed by atoms with E-state index >= 15 is 0 Å². The predicted molar refractivity (Wildman–Crippen MR) is 333 cm³/mol. The number of allylic oxidation sites excluding steroid dienone is 3. The van der Waals surface area contributed by atoms with E-state index in [0.29, 0.717) is 19.4 Å². The molecular formula is C70H135NO5. The van der Waals surface area contributed by atoms with Gasteiger partial charge in [-0.3, -0.25) is 9.59 Å². The van der Waals surface area contributed by atoms with Crippen LogP contribution in [0.15, 0.2) is 24.3 Å². The SMILES string of the molecule is CCCCCCC/C=C\CCCCCCCC(=O)OCCCCCCCCCCCCCCCCCCCCCCCCCC(=O)NC(CO)C(O)/C=C/CCCCCCCCCCCCCCCCCCCCCC. The van der Waals surface area contributed by atoms with E-state index < -0.39 is 12.1 Å². The molecular weight excluding hydrogens is 935 g/mol. The lowest BCUT2D eigenvalue weighted by atomic mass is 10.0. The van der Waals surface area contributed by atoms with Crippen molar-refractivity contribution in [1.82, 2.24) is 5.32 Å². The second-order valence-corrected chi connectivity index (χ2v) is 23.9. The summed E-state index contributed by atoms with van der Waals surface area (Å²) in [6, 6.07) is -0.628. The lowest BCUT2D eigenvalue weighted by Gasteiger charge is -2.20. The lowest BCUT2D eigenvalue weighted by Crippen LogP contribution is -2.45. The van der Waals surface area contributed by atoms with Crippen LogP contribution >= 0.6 is 0 Å².